The number of carbonyl (C=O) groups excluding carboxylic acids is 1. The first-order chi connectivity index (χ1) is 6.70. The molecule has 0 aliphatic carbocycles. The zero-order chi connectivity index (χ0) is 10.6. The summed E-state index contributed by atoms with van der Waals surface area (Å²) in [7, 11) is 1.83. The van der Waals surface area contributed by atoms with E-state index in [1.165, 1.54) is 0 Å². The fraction of sp³-hybridized carbons (Fsp3) is 0.417. The average molecular weight is 191 g/mol. The zero-order valence-corrected chi connectivity index (χ0v) is 9.08. The SMILES string of the molecule is CCc1ccccc1C(=O)N(C)CC. The molecular weight excluding hydrogens is 174 g/mol. The molecule has 0 saturated carbocycles. The van der Waals surface area contributed by atoms with Crippen LogP contribution in [0.4, 0.5) is 0 Å². The van der Waals surface area contributed by atoms with Gasteiger partial charge in [-0.15, -0.1) is 0 Å². The Morgan fingerprint density at radius 2 is 1.93 bits per heavy atom. The van der Waals surface area contributed by atoms with E-state index in [1.54, 1.807) is 4.90 Å². The summed E-state index contributed by atoms with van der Waals surface area (Å²) in [5.41, 5.74) is 1.96. The summed E-state index contributed by atoms with van der Waals surface area (Å²) in [6.45, 7) is 4.79. The minimum atomic E-state index is 0.116. The summed E-state index contributed by atoms with van der Waals surface area (Å²) in [5, 5.41) is 0. The van der Waals surface area contributed by atoms with E-state index < -0.39 is 0 Å². The molecule has 2 heteroatoms. The normalized spacial score (nSPS) is 9.93. The van der Waals surface area contributed by atoms with Crippen LogP contribution in [-0.4, -0.2) is 24.4 Å². The van der Waals surface area contributed by atoms with Crippen molar-refractivity contribution >= 4 is 5.91 Å². The van der Waals surface area contributed by atoms with Gasteiger partial charge in [-0.05, 0) is 25.0 Å². The quantitative estimate of drug-likeness (QED) is 0.718. The molecule has 0 heterocycles. The molecule has 0 aliphatic rings. The second kappa shape index (κ2) is 4.80. The van der Waals surface area contributed by atoms with Crippen molar-refractivity contribution < 1.29 is 4.79 Å². The van der Waals surface area contributed by atoms with Crippen LogP contribution in [0.1, 0.15) is 29.8 Å². The molecule has 0 unspecified atom stereocenters. The minimum absolute atomic E-state index is 0.116. The van der Waals surface area contributed by atoms with Crippen molar-refractivity contribution in [2.24, 2.45) is 0 Å². The van der Waals surface area contributed by atoms with Crippen LogP contribution in [0.25, 0.3) is 0 Å². The Morgan fingerprint density at radius 3 is 2.50 bits per heavy atom. The van der Waals surface area contributed by atoms with E-state index in [0.717, 1.165) is 24.1 Å². The van der Waals surface area contributed by atoms with E-state index in [1.807, 2.05) is 38.2 Å². The van der Waals surface area contributed by atoms with Gasteiger partial charge >= 0.3 is 0 Å². The summed E-state index contributed by atoms with van der Waals surface area (Å²) in [4.78, 5) is 13.6. The molecule has 0 N–H and O–H groups in total. The molecule has 1 rings (SSSR count). The minimum Gasteiger partial charge on any atom is -0.342 e. The summed E-state index contributed by atoms with van der Waals surface area (Å²) in [6.07, 6.45) is 0.902. The van der Waals surface area contributed by atoms with Crippen molar-refractivity contribution in [2.45, 2.75) is 20.3 Å². The van der Waals surface area contributed by atoms with Gasteiger partial charge < -0.3 is 4.90 Å². The Labute approximate surface area is 85.5 Å². The summed E-state index contributed by atoms with van der Waals surface area (Å²) in [5.74, 6) is 0.116. The molecule has 1 aromatic rings. The molecule has 0 atom stereocenters. The van der Waals surface area contributed by atoms with Crippen LogP contribution in [0.5, 0.6) is 0 Å². The molecule has 1 aromatic carbocycles. The smallest absolute Gasteiger partial charge is 0.253 e. The lowest BCUT2D eigenvalue weighted by molar-refractivity contribution is 0.0801. The van der Waals surface area contributed by atoms with Gasteiger partial charge in [-0.2, -0.15) is 0 Å². The van der Waals surface area contributed by atoms with Gasteiger partial charge in [-0.3, -0.25) is 4.79 Å². The Hall–Kier alpha value is -1.31. The molecule has 1 amide bonds. The van der Waals surface area contributed by atoms with Crippen molar-refractivity contribution in [1.82, 2.24) is 4.90 Å². The first-order valence-corrected chi connectivity index (χ1v) is 5.04. The van der Waals surface area contributed by atoms with Crippen LogP contribution in [-0.2, 0) is 6.42 Å². The molecule has 0 bridgehead atoms. The highest BCUT2D eigenvalue weighted by Gasteiger charge is 2.12. The van der Waals surface area contributed by atoms with E-state index in [-0.39, 0.29) is 5.91 Å². The molecule has 2 nitrogen and oxygen atoms in total. The predicted molar refractivity (Wildman–Crippen MR) is 58.5 cm³/mol. The number of carbonyl (C=O) groups is 1. The Bertz CT molecular complexity index is 320. The highest BCUT2D eigenvalue weighted by molar-refractivity contribution is 5.95. The zero-order valence-electron chi connectivity index (χ0n) is 9.08. The number of nitrogens with zero attached hydrogens (tertiary/aromatic N) is 1. The van der Waals surface area contributed by atoms with Crippen LogP contribution in [0, 0.1) is 0 Å². The van der Waals surface area contributed by atoms with Crippen LogP contribution < -0.4 is 0 Å². The molecule has 14 heavy (non-hydrogen) atoms. The Balaban J connectivity index is 3.00. The first-order valence-electron chi connectivity index (χ1n) is 5.04. The second-order valence-corrected chi connectivity index (χ2v) is 3.33. The largest absolute Gasteiger partial charge is 0.342 e. The summed E-state index contributed by atoms with van der Waals surface area (Å²) in [6, 6.07) is 7.79. The Morgan fingerprint density at radius 1 is 1.29 bits per heavy atom. The molecule has 0 aliphatic heterocycles. The molecule has 0 saturated heterocycles. The monoisotopic (exact) mass is 191 g/mol. The van der Waals surface area contributed by atoms with E-state index in [9.17, 15) is 4.79 Å². The maximum atomic E-state index is 11.9. The van der Waals surface area contributed by atoms with Gasteiger partial charge in [0.2, 0.25) is 0 Å². The molecule has 0 spiro atoms. The lowest BCUT2D eigenvalue weighted by Crippen LogP contribution is -2.27. The number of rotatable bonds is 3. The number of aryl methyl sites for hydroxylation is 1. The third-order valence-electron chi connectivity index (χ3n) is 2.45. The van der Waals surface area contributed by atoms with E-state index in [0.29, 0.717) is 0 Å². The van der Waals surface area contributed by atoms with Gasteiger partial charge in [0.25, 0.3) is 5.91 Å². The van der Waals surface area contributed by atoms with Crippen molar-refractivity contribution in [3.05, 3.63) is 35.4 Å². The highest BCUT2D eigenvalue weighted by atomic mass is 16.2. The maximum Gasteiger partial charge on any atom is 0.253 e. The molecule has 0 fully saturated rings. The van der Waals surface area contributed by atoms with E-state index in [2.05, 4.69) is 6.92 Å². The van der Waals surface area contributed by atoms with Gasteiger partial charge in [-0.1, -0.05) is 25.1 Å². The van der Waals surface area contributed by atoms with Gasteiger partial charge in [-0.25, -0.2) is 0 Å². The van der Waals surface area contributed by atoms with Crippen LogP contribution in [0.3, 0.4) is 0 Å². The number of benzene rings is 1. The third-order valence-corrected chi connectivity index (χ3v) is 2.45. The standard InChI is InChI=1S/C12H17NO/c1-4-10-8-6-7-9-11(10)12(14)13(3)5-2/h6-9H,4-5H2,1-3H3. The summed E-state index contributed by atoms with van der Waals surface area (Å²) >= 11 is 0. The molecule has 76 valence electrons. The molecular formula is C12H17NO. The van der Waals surface area contributed by atoms with Crippen LogP contribution in [0.15, 0.2) is 24.3 Å². The van der Waals surface area contributed by atoms with Crippen molar-refractivity contribution in [2.75, 3.05) is 13.6 Å². The van der Waals surface area contributed by atoms with Crippen molar-refractivity contribution in [3.8, 4) is 0 Å². The number of hydrogen-bond donors (Lipinski definition) is 0. The summed E-state index contributed by atoms with van der Waals surface area (Å²) < 4.78 is 0. The van der Waals surface area contributed by atoms with Gasteiger partial charge in [0, 0.05) is 19.2 Å². The first kappa shape index (κ1) is 10.8. The number of hydrogen-bond acceptors (Lipinski definition) is 1. The maximum absolute atomic E-state index is 11.9. The fourth-order valence-corrected chi connectivity index (χ4v) is 1.39. The Kier molecular flexibility index (Phi) is 3.69. The fourth-order valence-electron chi connectivity index (χ4n) is 1.39. The molecule has 0 aromatic heterocycles. The van der Waals surface area contributed by atoms with Crippen molar-refractivity contribution in [3.63, 3.8) is 0 Å². The number of amides is 1. The van der Waals surface area contributed by atoms with E-state index >= 15 is 0 Å². The van der Waals surface area contributed by atoms with Gasteiger partial charge in [0.05, 0.1) is 0 Å². The lowest BCUT2D eigenvalue weighted by atomic mass is 10.0. The van der Waals surface area contributed by atoms with Crippen molar-refractivity contribution in [1.29, 1.82) is 0 Å². The third kappa shape index (κ3) is 2.13. The molecule has 0 radical (unpaired) electrons. The average Bonchev–Trinajstić information content (AvgIpc) is 2.26. The lowest BCUT2D eigenvalue weighted by Gasteiger charge is -2.16. The topological polar surface area (TPSA) is 20.3 Å². The highest BCUT2D eigenvalue weighted by Crippen LogP contribution is 2.11. The van der Waals surface area contributed by atoms with Gasteiger partial charge in [0.1, 0.15) is 0 Å². The second-order valence-electron chi connectivity index (χ2n) is 3.33. The van der Waals surface area contributed by atoms with E-state index in [4.69, 9.17) is 0 Å². The van der Waals surface area contributed by atoms with Gasteiger partial charge in [0.15, 0.2) is 0 Å². The van der Waals surface area contributed by atoms with Crippen LogP contribution in [0.2, 0.25) is 0 Å². The van der Waals surface area contributed by atoms with Crippen LogP contribution >= 0.6 is 0 Å². The predicted octanol–water partition coefficient (Wildman–Crippen LogP) is 2.34.